The van der Waals surface area contributed by atoms with Gasteiger partial charge in [-0.1, -0.05) is 23.4 Å². The molecule has 0 atom stereocenters. The molecule has 0 bridgehead atoms. The fourth-order valence-electron chi connectivity index (χ4n) is 2.47. The van der Waals surface area contributed by atoms with Crippen LogP contribution in [-0.2, 0) is 16.1 Å². The van der Waals surface area contributed by atoms with E-state index in [-0.39, 0.29) is 5.97 Å². The third-order valence-electron chi connectivity index (χ3n) is 3.23. The number of rotatable bonds is 1. The Morgan fingerprint density at radius 1 is 1.33 bits per heavy atom. The van der Waals surface area contributed by atoms with Gasteiger partial charge in [0.25, 0.3) is 0 Å². The second kappa shape index (κ2) is 4.29. The van der Waals surface area contributed by atoms with E-state index in [1.807, 2.05) is 12.1 Å². The molecule has 2 aromatic rings. The van der Waals surface area contributed by atoms with E-state index in [0.29, 0.717) is 0 Å². The van der Waals surface area contributed by atoms with E-state index in [2.05, 4.69) is 22.3 Å². The molecule has 4 nitrogen and oxygen atoms in total. The summed E-state index contributed by atoms with van der Waals surface area (Å²) in [7, 11) is 0. The molecule has 1 heterocycles. The van der Waals surface area contributed by atoms with Crippen molar-refractivity contribution in [3.63, 3.8) is 0 Å². The zero-order valence-electron chi connectivity index (χ0n) is 10.2. The topological polar surface area (TPSA) is 54.4 Å². The predicted molar refractivity (Wildman–Crippen MR) is 69.5 cm³/mol. The maximum atomic E-state index is 10.8. The van der Waals surface area contributed by atoms with Gasteiger partial charge in [-0.3, -0.25) is 0 Å². The Kier molecular flexibility index (Phi) is 2.63. The van der Waals surface area contributed by atoms with E-state index in [0.717, 1.165) is 36.2 Å². The number of carbonyl (C=O) groups is 1. The molecule has 0 aliphatic heterocycles. The monoisotopic (exact) mass is 242 g/mol. The molecular weight excluding hydrogens is 228 g/mol. The second-order valence-electron chi connectivity index (χ2n) is 4.50. The number of hydrogen-bond donors (Lipinski definition) is 1. The summed E-state index contributed by atoms with van der Waals surface area (Å²) in [5, 5.41) is 5.19. The van der Waals surface area contributed by atoms with Gasteiger partial charge in [0.15, 0.2) is 0 Å². The van der Waals surface area contributed by atoms with Gasteiger partial charge < -0.3 is 9.82 Å². The minimum atomic E-state index is -0.384. The molecule has 3 rings (SSSR count). The van der Waals surface area contributed by atoms with E-state index < -0.39 is 0 Å². The van der Waals surface area contributed by atoms with Crippen LogP contribution in [0.4, 0.5) is 0 Å². The van der Waals surface area contributed by atoms with E-state index in [4.69, 9.17) is 4.84 Å². The first-order chi connectivity index (χ1) is 8.75. The summed E-state index contributed by atoms with van der Waals surface area (Å²) in [6.45, 7) is 1.36. The van der Waals surface area contributed by atoms with Gasteiger partial charge in [-0.05, 0) is 30.9 Å². The van der Waals surface area contributed by atoms with Crippen molar-refractivity contribution in [1.29, 1.82) is 0 Å². The van der Waals surface area contributed by atoms with Crippen molar-refractivity contribution in [2.24, 2.45) is 5.16 Å². The van der Waals surface area contributed by atoms with Crippen LogP contribution in [0.5, 0.6) is 0 Å². The van der Waals surface area contributed by atoms with Gasteiger partial charge in [-0.2, -0.15) is 0 Å². The zero-order chi connectivity index (χ0) is 12.5. The number of H-pyrrole nitrogens is 1. The number of carbonyl (C=O) groups excluding carboxylic acids is 1. The molecule has 92 valence electrons. The van der Waals surface area contributed by atoms with Gasteiger partial charge in [0.2, 0.25) is 0 Å². The highest BCUT2D eigenvalue weighted by Gasteiger charge is 2.20. The molecule has 0 radical (unpaired) electrons. The molecule has 0 unspecified atom stereocenters. The van der Waals surface area contributed by atoms with Crippen molar-refractivity contribution in [3.8, 4) is 0 Å². The zero-order valence-corrected chi connectivity index (χ0v) is 10.2. The third kappa shape index (κ3) is 1.79. The van der Waals surface area contributed by atoms with Crippen molar-refractivity contribution in [2.45, 2.75) is 26.2 Å². The lowest BCUT2D eigenvalue weighted by atomic mass is 9.94. The Hall–Kier alpha value is -2.10. The molecule has 0 saturated heterocycles. The lowest BCUT2D eigenvalue weighted by Crippen LogP contribution is -2.12. The van der Waals surface area contributed by atoms with Crippen LogP contribution in [0.1, 0.15) is 31.0 Å². The molecule has 1 aromatic carbocycles. The number of fused-ring (bicyclic) bond motifs is 3. The van der Waals surface area contributed by atoms with E-state index in [9.17, 15) is 4.79 Å². The van der Waals surface area contributed by atoms with E-state index in [1.165, 1.54) is 17.9 Å². The number of benzene rings is 1. The highest BCUT2D eigenvalue weighted by molar-refractivity contribution is 6.06. The van der Waals surface area contributed by atoms with Crippen LogP contribution in [-0.4, -0.2) is 16.7 Å². The smallest absolute Gasteiger partial charge is 0.331 e. The van der Waals surface area contributed by atoms with Crippen molar-refractivity contribution < 1.29 is 9.63 Å². The molecule has 0 fully saturated rings. The van der Waals surface area contributed by atoms with Gasteiger partial charge in [0, 0.05) is 17.8 Å². The van der Waals surface area contributed by atoms with Gasteiger partial charge in [0.1, 0.15) is 5.71 Å². The molecule has 0 saturated carbocycles. The van der Waals surface area contributed by atoms with Crippen LogP contribution >= 0.6 is 0 Å². The average molecular weight is 242 g/mol. The summed E-state index contributed by atoms with van der Waals surface area (Å²) in [4.78, 5) is 19.0. The van der Waals surface area contributed by atoms with Gasteiger partial charge in [0.05, 0.1) is 5.69 Å². The lowest BCUT2D eigenvalue weighted by molar-refractivity contribution is -0.140. The van der Waals surface area contributed by atoms with Crippen LogP contribution in [0.15, 0.2) is 29.4 Å². The fraction of sp³-hybridized carbons (Fsp3) is 0.286. The van der Waals surface area contributed by atoms with Crippen LogP contribution in [0.25, 0.3) is 10.9 Å². The minimum absolute atomic E-state index is 0.384. The van der Waals surface area contributed by atoms with Crippen LogP contribution in [0.2, 0.25) is 0 Å². The average Bonchev–Trinajstić information content (AvgIpc) is 2.75. The fourth-order valence-corrected chi connectivity index (χ4v) is 2.47. The number of oxime groups is 1. The molecule has 1 aromatic heterocycles. The maximum Gasteiger partial charge on any atom is 0.331 e. The predicted octanol–water partition coefficient (Wildman–Crippen LogP) is 2.77. The molecule has 1 N–H and O–H groups in total. The number of para-hydroxylation sites is 1. The summed E-state index contributed by atoms with van der Waals surface area (Å²) < 4.78 is 0. The quantitative estimate of drug-likeness (QED) is 0.617. The summed E-state index contributed by atoms with van der Waals surface area (Å²) in [6.07, 6.45) is 2.92. The Balaban J connectivity index is 2.10. The minimum Gasteiger partial charge on any atom is -0.353 e. The Bertz CT molecular complexity index is 640. The number of nitrogens with one attached hydrogen (secondary N) is 1. The standard InChI is InChI=1S/C14H14N2O2/c1-9(17)18-16-13-8-4-6-11-10-5-2-3-7-12(10)15-14(11)13/h2-3,5,7,15H,4,6,8H2,1H3. The number of nitrogens with zero attached hydrogens (tertiary/aromatic N) is 1. The number of hydrogen-bond acceptors (Lipinski definition) is 3. The highest BCUT2D eigenvalue weighted by atomic mass is 16.7. The Morgan fingerprint density at radius 3 is 3.00 bits per heavy atom. The number of aryl methyl sites for hydroxylation is 1. The molecule has 0 amide bonds. The SMILES string of the molecule is CC(=O)ON=C1CCCc2c1[nH]c1ccccc21. The highest BCUT2D eigenvalue weighted by Crippen LogP contribution is 2.29. The summed E-state index contributed by atoms with van der Waals surface area (Å²) in [5.74, 6) is -0.384. The molecular formula is C14H14N2O2. The summed E-state index contributed by atoms with van der Waals surface area (Å²) >= 11 is 0. The van der Waals surface area contributed by atoms with Crippen LogP contribution in [0, 0.1) is 0 Å². The van der Waals surface area contributed by atoms with Gasteiger partial charge in [-0.25, -0.2) is 4.79 Å². The van der Waals surface area contributed by atoms with Crippen molar-refractivity contribution in [3.05, 3.63) is 35.5 Å². The van der Waals surface area contributed by atoms with Crippen LogP contribution < -0.4 is 0 Å². The molecule has 1 aliphatic carbocycles. The Labute approximate surface area is 105 Å². The van der Waals surface area contributed by atoms with Crippen molar-refractivity contribution in [1.82, 2.24) is 4.98 Å². The Morgan fingerprint density at radius 2 is 2.17 bits per heavy atom. The van der Waals surface area contributed by atoms with Crippen molar-refractivity contribution >= 4 is 22.6 Å². The number of aromatic amines is 1. The molecule has 18 heavy (non-hydrogen) atoms. The first-order valence-electron chi connectivity index (χ1n) is 6.10. The number of aromatic nitrogens is 1. The largest absolute Gasteiger partial charge is 0.353 e. The second-order valence-corrected chi connectivity index (χ2v) is 4.50. The van der Waals surface area contributed by atoms with Gasteiger partial charge >= 0.3 is 5.97 Å². The van der Waals surface area contributed by atoms with Gasteiger partial charge in [-0.15, -0.1) is 0 Å². The van der Waals surface area contributed by atoms with E-state index >= 15 is 0 Å². The first kappa shape index (κ1) is 11.0. The summed E-state index contributed by atoms with van der Waals surface area (Å²) in [6, 6.07) is 8.21. The summed E-state index contributed by atoms with van der Waals surface area (Å²) in [5.41, 5.74) is 4.24. The first-order valence-corrected chi connectivity index (χ1v) is 6.10. The third-order valence-corrected chi connectivity index (χ3v) is 3.23. The van der Waals surface area contributed by atoms with Crippen molar-refractivity contribution in [2.75, 3.05) is 0 Å². The normalized spacial score (nSPS) is 16.8. The molecule has 0 spiro atoms. The van der Waals surface area contributed by atoms with Crippen LogP contribution in [0.3, 0.4) is 0 Å². The maximum absolute atomic E-state index is 10.8. The molecule has 4 heteroatoms. The van der Waals surface area contributed by atoms with E-state index in [1.54, 1.807) is 0 Å². The lowest BCUT2D eigenvalue weighted by Gasteiger charge is -2.13. The molecule has 1 aliphatic rings.